The van der Waals surface area contributed by atoms with Crippen LogP contribution in [0.2, 0.25) is 0 Å². The number of benzene rings is 2. The lowest BCUT2D eigenvalue weighted by Gasteiger charge is -2.07. The molecule has 2 heteroatoms. The molecule has 0 radical (unpaired) electrons. The van der Waals surface area contributed by atoms with Gasteiger partial charge in [0.1, 0.15) is 5.75 Å². The van der Waals surface area contributed by atoms with Crippen LogP contribution < -0.4 is 4.74 Å². The zero-order valence-electron chi connectivity index (χ0n) is 12.3. The van der Waals surface area contributed by atoms with Crippen molar-refractivity contribution in [3.05, 3.63) is 65.2 Å². The molecule has 0 amide bonds. The van der Waals surface area contributed by atoms with E-state index in [1.165, 1.54) is 11.1 Å². The van der Waals surface area contributed by atoms with Gasteiger partial charge in [0.05, 0.1) is 6.10 Å². The summed E-state index contributed by atoms with van der Waals surface area (Å²) in [4.78, 5) is 12.3. The Hall–Kier alpha value is -2.09. The van der Waals surface area contributed by atoms with Crippen LogP contribution in [0.4, 0.5) is 0 Å². The SMILES string of the molecule is Cc1ccc(CCC(=O)c2cccc(OC3CC3)c2)cc1. The van der Waals surface area contributed by atoms with Crippen molar-refractivity contribution in [2.45, 2.75) is 38.7 Å². The maximum absolute atomic E-state index is 12.3. The molecule has 0 saturated heterocycles. The first-order valence-electron chi connectivity index (χ1n) is 7.56. The third-order valence-corrected chi connectivity index (χ3v) is 3.74. The molecule has 0 N–H and O–H groups in total. The Balaban J connectivity index is 1.60. The number of rotatable bonds is 6. The lowest BCUT2D eigenvalue weighted by atomic mass is 10.0. The highest BCUT2D eigenvalue weighted by Crippen LogP contribution is 2.27. The molecule has 1 aliphatic rings. The maximum atomic E-state index is 12.3. The molecular weight excluding hydrogens is 260 g/mol. The second kappa shape index (κ2) is 6.13. The molecule has 0 aromatic heterocycles. The Morgan fingerprint density at radius 1 is 1.14 bits per heavy atom. The summed E-state index contributed by atoms with van der Waals surface area (Å²) >= 11 is 0. The van der Waals surface area contributed by atoms with E-state index in [1.54, 1.807) is 0 Å². The molecule has 0 atom stereocenters. The van der Waals surface area contributed by atoms with Crippen molar-refractivity contribution < 1.29 is 9.53 Å². The van der Waals surface area contributed by atoms with E-state index in [1.807, 2.05) is 24.3 Å². The van der Waals surface area contributed by atoms with Gasteiger partial charge in [-0.2, -0.15) is 0 Å². The summed E-state index contributed by atoms with van der Waals surface area (Å²) in [5.74, 6) is 0.996. The Kier molecular flexibility index (Phi) is 4.05. The maximum Gasteiger partial charge on any atom is 0.163 e. The molecule has 2 nitrogen and oxygen atoms in total. The standard InChI is InChI=1S/C19H20O2/c1-14-5-7-15(8-6-14)9-12-19(20)16-3-2-4-18(13-16)21-17-10-11-17/h2-8,13,17H,9-12H2,1H3. The van der Waals surface area contributed by atoms with Gasteiger partial charge in [-0.25, -0.2) is 0 Å². The largest absolute Gasteiger partial charge is 0.490 e. The molecule has 0 unspecified atom stereocenters. The minimum absolute atomic E-state index is 0.178. The lowest BCUT2D eigenvalue weighted by molar-refractivity contribution is 0.0982. The number of carbonyl (C=O) groups excluding carboxylic acids is 1. The van der Waals surface area contributed by atoms with Crippen molar-refractivity contribution >= 4 is 5.78 Å². The van der Waals surface area contributed by atoms with Crippen LogP contribution in [0.25, 0.3) is 0 Å². The van der Waals surface area contributed by atoms with Crippen LogP contribution in [-0.2, 0) is 6.42 Å². The fourth-order valence-electron chi connectivity index (χ4n) is 2.28. The van der Waals surface area contributed by atoms with Crippen molar-refractivity contribution in [1.29, 1.82) is 0 Å². The van der Waals surface area contributed by atoms with Crippen LogP contribution in [-0.4, -0.2) is 11.9 Å². The van der Waals surface area contributed by atoms with E-state index < -0.39 is 0 Å². The number of hydrogen-bond donors (Lipinski definition) is 0. The number of Topliss-reactive ketones (excluding diaryl/α,β-unsaturated/α-hetero) is 1. The van der Waals surface area contributed by atoms with E-state index in [9.17, 15) is 4.79 Å². The quantitative estimate of drug-likeness (QED) is 0.735. The fraction of sp³-hybridized carbons (Fsp3) is 0.316. The van der Waals surface area contributed by atoms with Gasteiger partial charge >= 0.3 is 0 Å². The van der Waals surface area contributed by atoms with Crippen LogP contribution in [0, 0.1) is 6.92 Å². The van der Waals surface area contributed by atoms with E-state index in [2.05, 4.69) is 31.2 Å². The van der Waals surface area contributed by atoms with E-state index in [-0.39, 0.29) is 5.78 Å². The minimum atomic E-state index is 0.178. The smallest absolute Gasteiger partial charge is 0.163 e. The summed E-state index contributed by atoms with van der Waals surface area (Å²) in [7, 11) is 0. The lowest BCUT2D eigenvalue weighted by Crippen LogP contribution is -2.03. The van der Waals surface area contributed by atoms with Crippen LogP contribution >= 0.6 is 0 Å². The third kappa shape index (κ3) is 3.94. The number of carbonyl (C=O) groups is 1. The molecule has 3 rings (SSSR count). The molecule has 108 valence electrons. The number of aryl methyl sites for hydroxylation is 2. The number of ether oxygens (including phenoxy) is 1. The zero-order valence-corrected chi connectivity index (χ0v) is 12.3. The molecule has 21 heavy (non-hydrogen) atoms. The first-order chi connectivity index (χ1) is 10.2. The van der Waals surface area contributed by atoms with Gasteiger partial charge in [0, 0.05) is 12.0 Å². The summed E-state index contributed by atoms with van der Waals surface area (Å²) in [5, 5.41) is 0. The summed E-state index contributed by atoms with van der Waals surface area (Å²) in [6.45, 7) is 2.07. The molecule has 2 aromatic rings. The first-order valence-corrected chi connectivity index (χ1v) is 7.56. The average Bonchev–Trinajstić information content (AvgIpc) is 3.30. The van der Waals surface area contributed by atoms with Gasteiger partial charge in [-0.15, -0.1) is 0 Å². The van der Waals surface area contributed by atoms with Crippen molar-refractivity contribution in [3.63, 3.8) is 0 Å². The molecule has 0 aliphatic heterocycles. The Morgan fingerprint density at radius 3 is 2.62 bits per heavy atom. The zero-order chi connectivity index (χ0) is 14.7. The van der Waals surface area contributed by atoms with Crippen LogP contribution in [0.3, 0.4) is 0 Å². The molecular formula is C19H20O2. The minimum Gasteiger partial charge on any atom is -0.490 e. The van der Waals surface area contributed by atoms with E-state index in [0.717, 1.165) is 30.6 Å². The Labute approximate surface area is 125 Å². The third-order valence-electron chi connectivity index (χ3n) is 3.74. The first kappa shape index (κ1) is 13.9. The van der Waals surface area contributed by atoms with E-state index in [0.29, 0.717) is 12.5 Å². The molecule has 1 saturated carbocycles. The Morgan fingerprint density at radius 2 is 1.90 bits per heavy atom. The van der Waals surface area contributed by atoms with Gasteiger partial charge in [-0.05, 0) is 43.9 Å². The highest BCUT2D eigenvalue weighted by Gasteiger charge is 2.23. The van der Waals surface area contributed by atoms with Crippen molar-refractivity contribution in [2.24, 2.45) is 0 Å². The average molecular weight is 280 g/mol. The molecule has 0 bridgehead atoms. The molecule has 2 aromatic carbocycles. The summed E-state index contributed by atoms with van der Waals surface area (Å²) in [5.41, 5.74) is 3.20. The van der Waals surface area contributed by atoms with Gasteiger partial charge in [0.15, 0.2) is 5.78 Å². The highest BCUT2D eigenvalue weighted by molar-refractivity contribution is 5.96. The molecule has 1 fully saturated rings. The molecule has 1 aliphatic carbocycles. The van der Waals surface area contributed by atoms with Gasteiger partial charge in [-0.3, -0.25) is 4.79 Å². The number of hydrogen-bond acceptors (Lipinski definition) is 2. The van der Waals surface area contributed by atoms with Crippen molar-refractivity contribution in [1.82, 2.24) is 0 Å². The van der Waals surface area contributed by atoms with Gasteiger partial charge in [0.25, 0.3) is 0 Å². The van der Waals surface area contributed by atoms with E-state index >= 15 is 0 Å². The summed E-state index contributed by atoms with van der Waals surface area (Å²) in [6, 6.07) is 15.9. The van der Waals surface area contributed by atoms with Crippen LogP contribution in [0.15, 0.2) is 48.5 Å². The summed E-state index contributed by atoms with van der Waals surface area (Å²) in [6.07, 6.45) is 3.95. The second-order valence-corrected chi connectivity index (χ2v) is 5.75. The van der Waals surface area contributed by atoms with Gasteiger partial charge in [0.2, 0.25) is 0 Å². The van der Waals surface area contributed by atoms with Crippen molar-refractivity contribution in [3.8, 4) is 5.75 Å². The molecule has 0 spiro atoms. The molecule has 0 heterocycles. The topological polar surface area (TPSA) is 26.3 Å². The monoisotopic (exact) mass is 280 g/mol. The van der Waals surface area contributed by atoms with Crippen molar-refractivity contribution in [2.75, 3.05) is 0 Å². The van der Waals surface area contributed by atoms with Gasteiger partial charge < -0.3 is 4.74 Å². The van der Waals surface area contributed by atoms with E-state index in [4.69, 9.17) is 4.74 Å². The fourth-order valence-corrected chi connectivity index (χ4v) is 2.28. The second-order valence-electron chi connectivity index (χ2n) is 5.75. The highest BCUT2D eigenvalue weighted by atomic mass is 16.5. The summed E-state index contributed by atoms with van der Waals surface area (Å²) < 4.78 is 5.74. The normalized spacial score (nSPS) is 14.0. The van der Waals surface area contributed by atoms with Crippen LogP contribution in [0.5, 0.6) is 5.75 Å². The Bertz CT molecular complexity index is 624. The predicted molar refractivity (Wildman–Crippen MR) is 83.9 cm³/mol. The van der Waals surface area contributed by atoms with Crippen LogP contribution in [0.1, 0.15) is 40.7 Å². The predicted octanol–water partition coefficient (Wildman–Crippen LogP) is 4.35. The van der Waals surface area contributed by atoms with Gasteiger partial charge in [-0.1, -0.05) is 42.0 Å². The number of ketones is 1.